The summed E-state index contributed by atoms with van der Waals surface area (Å²) in [7, 11) is 3.38. The zero-order chi connectivity index (χ0) is 35.0. The van der Waals surface area contributed by atoms with Crippen LogP contribution in [0.25, 0.3) is 11.3 Å². The van der Waals surface area contributed by atoms with Crippen LogP contribution in [0.15, 0.2) is 72.8 Å². The fourth-order valence-corrected chi connectivity index (χ4v) is 5.37. The number of halogens is 1. The molecule has 4 aromatic rings. The van der Waals surface area contributed by atoms with Gasteiger partial charge in [0.2, 0.25) is 0 Å². The van der Waals surface area contributed by atoms with Crippen LogP contribution in [0.5, 0.6) is 5.75 Å². The van der Waals surface area contributed by atoms with Crippen molar-refractivity contribution in [2.24, 2.45) is 7.05 Å². The highest BCUT2D eigenvalue weighted by atomic mass is 35.5. The van der Waals surface area contributed by atoms with Crippen LogP contribution in [-0.4, -0.2) is 102 Å². The van der Waals surface area contributed by atoms with Crippen LogP contribution in [0.4, 0.5) is 0 Å². The summed E-state index contributed by atoms with van der Waals surface area (Å²) in [6, 6.07) is 21.6. The third-order valence-electron chi connectivity index (χ3n) is 7.73. The van der Waals surface area contributed by atoms with Gasteiger partial charge in [-0.1, -0.05) is 54.1 Å². The molecule has 14 heteroatoms. The van der Waals surface area contributed by atoms with Crippen molar-refractivity contribution >= 4 is 23.5 Å². The van der Waals surface area contributed by atoms with E-state index in [2.05, 4.69) is 10.4 Å². The number of aliphatic hydroxyl groups excluding tert-OH is 5. The highest BCUT2D eigenvalue weighted by Crippen LogP contribution is 2.40. The van der Waals surface area contributed by atoms with Crippen molar-refractivity contribution in [3.8, 4) is 17.0 Å². The number of benzene rings is 3. The number of likely N-dealkylation sites (N-methyl/N-ethyl adjacent to an activating group) is 1. The standard InChI is InChI=1S/C27H22ClN3O4.C7H17NO5/c1-30-25-21-13-20(28)11-12-23(21)35-16-22(25)24(29-30)26(32)31(14-17-5-3-2-4-6-17)15-18-7-9-19(10-8-18)27(33)34;1-8-2-4(10)6(12)7(13)5(11)3-9/h2-13H,14-16H2,1H3,(H,33,34);4-13H,2-3H2,1H3. The first-order chi connectivity index (χ1) is 22.9. The number of nitrogens with one attached hydrogen (secondary N) is 1. The minimum atomic E-state index is -1.55. The second kappa shape index (κ2) is 16.7. The molecule has 1 aromatic heterocycles. The molecule has 0 bridgehead atoms. The molecule has 256 valence electrons. The SMILES string of the molecule is CNCC(O)C(O)C(O)C(O)CO.Cn1nc(C(=O)N(Cc2ccccc2)Cc2ccc(C(=O)O)cc2)c2c1-c1cc(Cl)ccc1OC2. The Kier molecular flexibility index (Phi) is 12.7. The van der Waals surface area contributed by atoms with Crippen molar-refractivity contribution in [3.05, 3.63) is 106 Å². The maximum Gasteiger partial charge on any atom is 0.335 e. The number of aliphatic hydroxyl groups is 5. The van der Waals surface area contributed by atoms with Crippen LogP contribution in [0.1, 0.15) is 37.5 Å². The number of carboxylic acids is 1. The Morgan fingerprint density at radius 1 is 0.958 bits per heavy atom. The molecule has 7 N–H and O–H groups in total. The number of hydrogen-bond donors (Lipinski definition) is 7. The van der Waals surface area contributed by atoms with Gasteiger partial charge in [-0.2, -0.15) is 5.10 Å². The van der Waals surface area contributed by atoms with Gasteiger partial charge in [-0.3, -0.25) is 9.48 Å². The number of fused-ring (bicyclic) bond motifs is 3. The lowest BCUT2D eigenvalue weighted by atomic mass is 10.0. The molecule has 0 fully saturated rings. The van der Waals surface area contributed by atoms with Gasteiger partial charge in [0.15, 0.2) is 5.69 Å². The van der Waals surface area contributed by atoms with Gasteiger partial charge in [-0.25, -0.2) is 4.79 Å². The zero-order valence-corrected chi connectivity index (χ0v) is 27.2. The van der Waals surface area contributed by atoms with E-state index in [1.54, 1.807) is 54.0 Å². The Labute approximate surface area is 282 Å². The van der Waals surface area contributed by atoms with E-state index in [-0.39, 0.29) is 24.6 Å². The lowest BCUT2D eigenvalue weighted by molar-refractivity contribution is -0.113. The van der Waals surface area contributed by atoms with Crippen molar-refractivity contribution in [1.82, 2.24) is 20.0 Å². The number of aryl methyl sites for hydroxylation is 1. The molecule has 13 nitrogen and oxygen atoms in total. The first kappa shape index (κ1) is 36.5. The molecule has 1 amide bonds. The summed E-state index contributed by atoms with van der Waals surface area (Å²) in [4.78, 5) is 26.8. The van der Waals surface area contributed by atoms with Gasteiger partial charge in [-0.05, 0) is 48.5 Å². The Hall–Kier alpha value is -4.34. The molecule has 0 saturated heterocycles. The first-order valence-electron chi connectivity index (χ1n) is 15.1. The number of ether oxygens (including phenoxy) is 1. The third-order valence-corrected chi connectivity index (χ3v) is 7.97. The van der Waals surface area contributed by atoms with Crippen molar-refractivity contribution in [2.45, 2.75) is 44.1 Å². The summed E-state index contributed by atoms with van der Waals surface area (Å²) in [6.07, 6.45) is -5.65. The Balaban J connectivity index is 0.000000341. The van der Waals surface area contributed by atoms with E-state index in [4.69, 9.17) is 36.8 Å². The summed E-state index contributed by atoms with van der Waals surface area (Å²) in [5.41, 5.74) is 4.63. The summed E-state index contributed by atoms with van der Waals surface area (Å²) >= 11 is 6.23. The molecule has 5 rings (SSSR count). The number of amides is 1. The van der Waals surface area contributed by atoms with Crippen molar-refractivity contribution < 1.29 is 45.0 Å². The van der Waals surface area contributed by atoms with Gasteiger partial charge in [0.05, 0.1) is 24.0 Å². The maximum atomic E-state index is 13.9. The van der Waals surface area contributed by atoms with Crippen LogP contribution in [0.2, 0.25) is 5.02 Å². The summed E-state index contributed by atoms with van der Waals surface area (Å²) < 4.78 is 7.62. The lowest BCUT2D eigenvalue weighted by Crippen LogP contribution is -2.48. The van der Waals surface area contributed by atoms with Crippen molar-refractivity contribution in [1.29, 1.82) is 0 Å². The van der Waals surface area contributed by atoms with Gasteiger partial charge in [-0.15, -0.1) is 0 Å². The molecule has 0 radical (unpaired) electrons. The van der Waals surface area contributed by atoms with Gasteiger partial charge >= 0.3 is 5.97 Å². The molecule has 1 aliphatic rings. The van der Waals surface area contributed by atoms with E-state index in [0.29, 0.717) is 35.1 Å². The fraction of sp³-hybridized carbons (Fsp3) is 0.324. The molecule has 1 aliphatic heterocycles. The highest BCUT2D eigenvalue weighted by molar-refractivity contribution is 6.31. The number of rotatable bonds is 12. The van der Waals surface area contributed by atoms with E-state index in [1.807, 2.05) is 42.5 Å². The average molecular weight is 683 g/mol. The molecular formula is C34H39ClN4O9. The van der Waals surface area contributed by atoms with Crippen LogP contribution in [0, 0.1) is 0 Å². The van der Waals surface area contributed by atoms with Crippen molar-refractivity contribution in [3.63, 3.8) is 0 Å². The predicted molar refractivity (Wildman–Crippen MR) is 176 cm³/mol. The number of hydrogen-bond acceptors (Lipinski definition) is 10. The molecule has 4 unspecified atom stereocenters. The topological polar surface area (TPSA) is 198 Å². The summed E-state index contributed by atoms with van der Waals surface area (Å²) in [5, 5.41) is 61.8. The third kappa shape index (κ3) is 8.76. The number of carboxylic acid groups (broad SMARTS) is 1. The Morgan fingerprint density at radius 3 is 2.19 bits per heavy atom. The summed E-state index contributed by atoms with van der Waals surface area (Å²) in [6.45, 7) is 0.323. The molecule has 3 aromatic carbocycles. The van der Waals surface area contributed by atoms with Crippen LogP contribution in [-0.2, 0) is 26.7 Å². The maximum absolute atomic E-state index is 13.9. The molecule has 2 heterocycles. The molecule has 4 atom stereocenters. The quantitative estimate of drug-likeness (QED) is 0.115. The number of aromatic nitrogens is 2. The molecule has 0 spiro atoms. The Bertz CT molecular complexity index is 1680. The second-order valence-corrected chi connectivity index (χ2v) is 11.7. The minimum Gasteiger partial charge on any atom is -0.488 e. The second-order valence-electron chi connectivity index (χ2n) is 11.2. The lowest BCUT2D eigenvalue weighted by Gasteiger charge is -2.25. The molecule has 0 aliphatic carbocycles. The largest absolute Gasteiger partial charge is 0.488 e. The van der Waals surface area contributed by atoms with Gasteiger partial charge in [0, 0.05) is 42.8 Å². The normalized spacial score (nSPS) is 14.2. The van der Waals surface area contributed by atoms with Crippen LogP contribution >= 0.6 is 11.6 Å². The van der Waals surface area contributed by atoms with E-state index in [9.17, 15) is 19.8 Å². The average Bonchev–Trinajstić information content (AvgIpc) is 3.44. The van der Waals surface area contributed by atoms with E-state index in [1.165, 1.54) is 0 Å². The monoisotopic (exact) mass is 682 g/mol. The van der Waals surface area contributed by atoms with Gasteiger partial charge < -0.3 is 45.6 Å². The van der Waals surface area contributed by atoms with E-state index < -0.39 is 37.0 Å². The van der Waals surface area contributed by atoms with E-state index in [0.717, 1.165) is 22.4 Å². The Morgan fingerprint density at radius 2 is 1.58 bits per heavy atom. The molecular weight excluding hydrogens is 644 g/mol. The summed E-state index contributed by atoms with van der Waals surface area (Å²) in [5.74, 6) is -0.528. The predicted octanol–water partition coefficient (Wildman–Crippen LogP) is 1.82. The number of aromatic carboxylic acids is 1. The number of nitrogens with zero attached hydrogens (tertiary/aromatic N) is 3. The van der Waals surface area contributed by atoms with Crippen molar-refractivity contribution in [2.75, 3.05) is 20.2 Å². The zero-order valence-electron chi connectivity index (χ0n) is 26.4. The fourth-order valence-electron chi connectivity index (χ4n) is 5.20. The van der Waals surface area contributed by atoms with E-state index >= 15 is 0 Å². The molecule has 0 saturated carbocycles. The molecule has 48 heavy (non-hydrogen) atoms. The number of carbonyl (C=O) groups is 2. The first-order valence-corrected chi connectivity index (χ1v) is 15.4. The van der Waals surface area contributed by atoms with Crippen LogP contribution in [0.3, 0.4) is 0 Å². The number of carbonyl (C=O) groups excluding carboxylic acids is 1. The minimum absolute atomic E-state index is 0.0936. The van der Waals surface area contributed by atoms with Gasteiger partial charge in [0.25, 0.3) is 5.91 Å². The van der Waals surface area contributed by atoms with Gasteiger partial charge in [0.1, 0.15) is 30.7 Å². The smallest absolute Gasteiger partial charge is 0.335 e. The van der Waals surface area contributed by atoms with Crippen LogP contribution < -0.4 is 10.1 Å². The highest BCUT2D eigenvalue weighted by Gasteiger charge is 2.31.